The number of halogens is 3. The van der Waals surface area contributed by atoms with Crippen LogP contribution in [0.15, 0.2) is 24.3 Å². The van der Waals surface area contributed by atoms with E-state index < -0.39 is 24.3 Å². The number of carbonyl (C=O) groups is 1. The zero-order chi connectivity index (χ0) is 17.5. The minimum Gasteiger partial charge on any atom is -0.483 e. The van der Waals surface area contributed by atoms with Crippen LogP contribution in [-0.2, 0) is 15.7 Å². The van der Waals surface area contributed by atoms with E-state index in [1.165, 1.54) is 18.2 Å². The van der Waals surface area contributed by atoms with Gasteiger partial charge in [0.2, 0.25) is 0 Å². The molecule has 1 saturated carbocycles. The number of carbonyl (C=O) groups excluding carboxylic acids is 1. The van der Waals surface area contributed by atoms with E-state index in [1.54, 1.807) is 0 Å². The maximum Gasteiger partial charge on any atom is 0.419 e. The molecule has 24 heavy (non-hydrogen) atoms. The van der Waals surface area contributed by atoms with Crippen molar-refractivity contribution in [2.24, 2.45) is 11.3 Å². The van der Waals surface area contributed by atoms with E-state index in [4.69, 9.17) is 9.47 Å². The number of ether oxygens (including phenoxy) is 2. The highest BCUT2D eigenvalue weighted by molar-refractivity contribution is 5.78. The third-order valence-electron chi connectivity index (χ3n) is 4.97. The lowest BCUT2D eigenvalue weighted by Gasteiger charge is -2.54. The van der Waals surface area contributed by atoms with Crippen molar-refractivity contribution < 1.29 is 27.4 Å². The Hall–Kier alpha value is -1.76. The van der Waals surface area contributed by atoms with Crippen LogP contribution in [0.4, 0.5) is 13.2 Å². The number of rotatable bonds is 4. The fourth-order valence-electron chi connectivity index (χ4n) is 3.80. The lowest BCUT2D eigenvalue weighted by Crippen LogP contribution is -2.67. The number of para-hydroxylation sites is 1. The van der Waals surface area contributed by atoms with Crippen LogP contribution in [0, 0.1) is 11.3 Å². The molecule has 4 nitrogen and oxygen atoms in total. The Morgan fingerprint density at radius 3 is 2.79 bits per heavy atom. The van der Waals surface area contributed by atoms with Gasteiger partial charge in [-0.15, -0.1) is 0 Å². The second-order valence-corrected chi connectivity index (χ2v) is 6.89. The summed E-state index contributed by atoms with van der Waals surface area (Å²) >= 11 is 0. The molecule has 0 spiro atoms. The lowest BCUT2D eigenvalue weighted by atomic mass is 9.57. The second kappa shape index (κ2) is 5.95. The van der Waals surface area contributed by atoms with E-state index in [1.807, 2.05) is 13.8 Å². The third-order valence-corrected chi connectivity index (χ3v) is 4.97. The molecule has 2 fully saturated rings. The van der Waals surface area contributed by atoms with Crippen LogP contribution in [-0.4, -0.2) is 31.3 Å². The fraction of sp³-hybridized carbons (Fsp3) is 0.588. The van der Waals surface area contributed by atoms with Crippen LogP contribution in [0.5, 0.6) is 5.75 Å². The fourth-order valence-corrected chi connectivity index (χ4v) is 3.80. The summed E-state index contributed by atoms with van der Waals surface area (Å²) in [6.45, 7) is 4.27. The quantitative estimate of drug-likeness (QED) is 0.914. The minimum absolute atomic E-state index is 0.0426. The summed E-state index contributed by atoms with van der Waals surface area (Å²) in [5.74, 6) is -0.489. The number of hydrogen-bond acceptors (Lipinski definition) is 3. The van der Waals surface area contributed by atoms with E-state index >= 15 is 0 Å². The first-order valence-corrected chi connectivity index (χ1v) is 7.91. The molecule has 3 atom stereocenters. The molecule has 1 aliphatic carbocycles. The van der Waals surface area contributed by atoms with Gasteiger partial charge in [0.05, 0.1) is 11.7 Å². The minimum atomic E-state index is -4.52. The first-order chi connectivity index (χ1) is 11.2. The molecule has 3 rings (SSSR count). The molecule has 1 amide bonds. The molecule has 1 aromatic carbocycles. The van der Waals surface area contributed by atoms with Gasteiger partial charge in [0, 0.05) is 24.0 Å². The summed E-state index contributed by atoms with van der Waals surface area (Å²) in [4.78, 5) is 12.1. The predicted molar refractivity (Wildman–Crippen MR) is 80.5 cm³/mol. The van der Waals surface area contributed by atoms with Crippen molar-refractivity contribution in [2.45, 2.75) is 38.6 Å². The van der Waals surface area contributed by atoms with Gasteiger partial charge in [-0.05, 0) is 18.6 Å². The van der Waals surface area contributed by atoms with Crippen LogP contribution in [0.3, 0.4) is 0 Å². The van der Waals surface area contributed by atoms with Crippen molar-refractivity contribution in [2.75, 3.05) is 13.2 Å². The third kappa shape index (κ3) is 2.97. The van der Waals surface area contributed by atoms with Crippen LogP contribution >= 0.6 is 0 Å². The molecule has 0 aromatic heterocycles. The molecule has 1 N–H and O–H groups in total. The SMILES string of the molecule is CC1(C)[C@H](NC(=O)COc2ccccc2C(F)(F)F)[C@@H]2CCO[C@@H]21. The highest BCUT2D eigenvalue weighted by atomic mass is 19.4. The Balaban J connectivity index is 1.59. The summed E-state index contributed by atoms with van der Waals surface area (Å²) in [5.41, 5.74) is -1.06. The van der Waals surface area contributed by atoms with Gasteiger partial charge in [-0.3, -0.25) is 4.79 Å². The van der Waals surface area contributed by atoms with Gasteiger partial charge in [-0.1, -0.05) is 26.0 Å². The summed E-state index contributed by atoms with van der Waals surface area (Å²) in [7, 11) is 0. The summed E-state index contributed by atoms with van der Waals surface area (Å²) < 4.78 is 49.5. The molecule has 1 aliphatic heterocycles. The Labute approximate surface area is 138 Å². The van der Waals surface area contributed by atoms with E-state index in [9.17, 15) is 18.0 Å². The first kappa shape index (κ1) is 17.1. The Bertz CT molecular complexity index is 630. The van der Waals surface area contributed by atoms with Crippen LogP contribution in [0.2, 0.25) is 0 Å². The molecule has 0 unspecified atom stereocenters. The van der Waals surface area contributed by atoms with Crippen molar-refractivity contribution in [1.29, 1.82) is 0 Å². The average molecular weight is 343 g/mol. The average Bonchev–Trinajstić information content (AvgIpc) is 2.97. The number of hydrogen-bond donors (Lipinski definition) is 1. The summed E-state index contributed by atoms with van der Waals surface area (Å²) in [5, 5.41) is 2.88. The van der Waals surface area contributed by atoms with Gasteiger partial charge in [-0.2, -0.15) is 13.2 Å². The van der Waals surface area contributed by atoms with Gasteiger partial charge in [0.15, 0.2) is 6.61 Å². The van der Waals surface area contributed by atoms with E-state index in [0.717, 1.165) is 12.5 Å². The molecule has 2 aliphatic rings. The monoisotopic (exact) mass is 343 g/mol. The van der Waals surface area contributed by atoms with Crippen molar-refractivity contribution in [3.8, 4) is 5.75 Å². The van der Waals surface area contributed by atoms with E-state index in [0.29, 0.717) is 6.61 Å². The Morgan fingerprint density at radius 1 is 1.38 bits per heavy atom. The van der Waals surface area contributed by atoms with Gasteiger partial charge in [0.1, 0.15) is 5.75 Å². The molecule has 132 valence electrons. The Kier molecular flexibility index (Phi) is 4.23. The van der Waals surface area contributed by atoms with Crippen molar-refractivity contribution >= 4 is 5.91 Å². The predicted octanol–water partition coefficient (Wildman–Crippen LogP) is 3.01. The molecule has 0 radical (unpaired) electrons. The molecule has 1 aromatic rings. The molecule has 1 heterocycles. The number of fused-ring (bicyclic) bond motifs is 1. The maximum atomic E-state index is 12.9. The van der Waals surface area contributed by atoms with Crippen LogP contribution in [0.1, 0.15) is 25.8 Å². The largest absolute Gasteiger partial charge is 0.483 e. The topological polar surface area (TPSA) is 47.6 Å². The summed E-state index contributed by atoms with van der Waals surface area (Å²) in [6.07, 6.45) is -3.50. The van der Waals surface area contributed by atoms with Crippen LogP contribution in [0.25, 0.3) is 0 Å². The Morgan fingerprint density at radius 2 is 2.08 bits per heavy atom. The van der Waals surface area contributed by atoms with E-state index in [-0.39, 0.29) is 29.2 Å². The van der Waals surface area contributed by atoms with Crippen molar-refractivity contribution in [3.63, 3.8) is 0 Å². The van der Waals surface area contributed by atoms with Gasteiger partial charge in [0.25, 0.3) is 5.91 Å². The standard InChI is InChI=1S/C17H20F3NO3/c1-16(2)14(10-7-8-23-15(10)16)21-13(22)9-24-12-6-4-3-5-11(12)17(18,19)20/h3-6,10,14-15H,7-9H2,1-2H3,(H,21,22)/t10-,14+,15-/m0/s1. The zero-order valence-electron chi connectivity index (χ0n) is 13.5. The highest BCUT2D eigenvalue weighted by Crippen LogP contribution is 2.52. The van der Waals surface area contributed by atoms with Gasteiger partial charge in [-0.25, -0.2) is 0 Å². The number of benzene rings is 1. The first-order valence-electron chi connectivity index (χ1n) is 7.91. The number of nitrogens with one attached hydrogen (secondary N) is 1. The van der Waals surface area contributed by atoms with Crippen molar-refractivity contribution in [3.05, 3.63) is 29.8 Å². The number of amides is 1. The summed E-state index contributed by atoms with van der Waals surface area (Å²) in [6, 6.07) is 4.83. The molecule has 0 bridgehead atoms. The van der Waals surface area contributed by atoms with E-state index in [2.05, 4.69) is 5.32 Å². The zero-order valence-corrected chi connectivity index (χ0v) is 13.5. The second-order valence-electron chi connectivity index (χ2n) is 6.89. The van der Waals surface area contributed by atoms with Gasteiger partial charge >= 0.3 is 6.18 Å². The molecule has 1 saturated heterocycles. The normalized spacial score (nSPS) is 28.0. The number of alkyl halides is 3. The lowest BCUT2D eigenvalue weighted by molar-refractivity contribution is -0.142. The van der Waals surface area contributed by atoms with Gasteiger partial charge < -0.3 is 14.8 Å². The molecular weight excluding hydrogens is 323 g/mol. The highest BCUT2D eigenvalue weighted by Gasteiger charge is 2.59. The smallest absolute Gasteiger partial charge is 0.419 e. The molecular formula is C17H20F3NO3. The van der Waals surface area contributed by atoms with Crippen molar-refractivity contribution in [1.82, 2.24) is 5.32 Å². The maximum absolute atomic E-state index is 12.9. The molecule has 7 heteroatoms. The van der Waals surface area contributed by atoms with Crippen LogP contribution < -0.4 is 10.1 Å².